The Kier molecular flexibility index (Phi) is 4.52. The molecule has 1 aromatic carbocycles. The average molecular weight is 328 g/mol. The average Bonchev–Trinajstić information content (AvgIpc) is 2.41. The Morgan fingerprint density at radius 2 is 2.16 bits per heavy atom. The standard InChI is InChI=1S/C13H18BrN3O2/c1-19-12-8-10(2-3-11(12)14)16-9-4-6-17(7-5-9)13(15)18/h2-3,8-9,16H,4-7H2,1H3,(H2,15,18). The van der Waals surface area contributed by atoms with Crippen LogP contribution in [0.25, 0.3) is 0 Å². The van der Waals surface area contributed by atoms with Crippen LogP contribution in [0.2, 0.25) is 0 Å². The van der Waals surface area contributed by atoms with Crippen LogP contribution in [0.4, 0.5) is 10.5 Å². The second-order valence-electron chi connectivity index (χ2n) is 4.59. The highest BCUT2D eigenvalue weighted by molar-refractivity contribution is 9.10. The minimum atomic E-state index is -0.330. The summed E-state index contributed by atoms with van der Waals surface area (Å²) in [6.07, 6.45) is 1.81. The number of benzene rings is 1. The minimum Gasteiger partial charge on any atom is -0.495 e. The van der Waals surface area contributed by atoms with Crippen molar-refractivity contribution in [3.05, 3.63) is 22.7 Å². The van der Waals surface area contributed by atoms with Crippen molar-refractivity contribution in [2.45, 2.75) is 18.9 Å². The van der Waals surface area contributed by atoms with Crippen molar-refractivity contribution in [2.75, 3.05) is 25.5 Å². The zero-order chi connectivity index (χ0) is 13.8. The van der Waals surface area contributed by atoms with Gasteiger partial charge < -0.3 is 20.7 Å². The largest absolute Gasteiger partial charge is 0.495 e. The normalized spacial score (nSPS) is 16.2. The van der Waals surface area contributed by atoms with Crippen LogP contribution in [0.1, 0.15) is 12.8 Å². The second kappa shape index (κ2) is 6.14. The zero-order valence-electron chi connectivity index (χ0n) is 10.9. The monoisotopic (exact) mass is 327 g/mol. The number of halogens is 1. The van der Waals surface area contributed by atoms with Gasteiger partial charge in [0.1, 0.15) is 5.75 Å². The van der Waals surface area contributed by atoms with Crippen LogP contribution in [0.3, 0.4) is 0 Å². The van der Waals surface area contributed by atoms with Gasteiger partial charge >= 0.3 is 6.03 Å². The van der Waals surface area contributed by atoms with Gasteiger partial charge in [0.25, 0.3) is 0 Å². The summed E-state index contributed by atoms with van der Waals surface area (Å²) in [6.45, 7) is 1.42. The molecule has 1 heterocycles. The Morgan fingerprint density at radius 1 is 1.47 bits per heavy atom. The molecule has 6 heteroatoms. The van der Waals surface area contributed by atoms with Crippen LogP contribution in [0, 0.1) is 0 Å². The fourth-order valence-electron chi connectivity index (χ4n) is 2.23. The summed E-state index contributed by atoms with van der Waals surface area (Å²) in [5.41, 5.74) is 6.29. The van der Waals surface area contributed by atoms with Crippen molar-refractivity contribution in [3.8, 4) is 5.75 Å². The van der Waals surface area contributed by atoms with Gasteiger partial charge in [-0.1, -0.05) is 0 Å². The Morgan fingerprint density at radius 3 is 2.74 bits per heavy atom. The van der Waals surface area contributed by atoms with E-state index in [1.165, 1.54) is 0 Å². The van der Waals surface area contributed by atoms with Gasteiger partial charge in [-0.2, -0.15) is 0 Å². The maximum atomic E-state index is 11.0. The number of carbonyl (C=O) groups is 1. The smallest absolute Gasteiger partial charge is 0.314 e. The molecule has 19 heavy (non-hydrogen) atoms. The molecule has 2 rings (SSSR count). The first-order valence-electron chi connectivity index (χ1n) is 6.24. The first-order chi connectivity index (χ1) is 9.10. The molecule has 0 atom stereocenters. The van der Waals surface area contributed by atoms with Gasteiger partial charge in [0.2, 0.25) is 0 Å². The van der Waals surface area contributed by atoms with Gasteiger partial charge in [-0.15, -0.1) is 0 Å². The predicted molar refractivity (Wildman–Crippen MR) is 78.5 cm³/mol. The van der Waals surface area contributed by atoms with Gasteiger partial charge in [-0.3, -0.25) is 0 Å². The third-order valence-corrected chi connectivity index (χ3v) is 3.98. The molecule has 0 aromatic heterocycles. The first kappa shape index (κ1) is 14.0. The predicted octanol–water partition coefficient (Wildman–Crippen LogP) is 2.41. The molecule has 1 fully saturated rings. The maximum absolute atomic E-state index is 11.0. The number of rotatable bonds is 3. The van der Waals surface area contributed by atoms with Crippen molar-refractivity contribution in [3.63, 3.8) is 0 Å². The van der Waals surface area contributed by atoms with E-state index in [0.29, 0.717) is 19.1 Å². The summed E-state index contributed by atoms with van der Waals surface area (Å²) >= 11 is 3.43. The van der Waals surface area contributed by atoms with Crippen molar-refractivity contribution in [2.24, 2.45) is 5.73 Å². The number of primary amides is 1. The first-order valence-corrected chi connectivity index (χ1v) is 7.04. The van der Waals surface area contributed by atoms with E-state index in [1.54, 1.807) is 12.0 Å². The van der Waals surface area contributed by atoms with Crippen molar-refractivity contribution in [1.82, 2.24) is 4.90 Å². The lowest BCUT2D eigenvalue weighted by Crippen LogP contribution is -2.44. The van der Waals surface area contributed by atoms with Crippen LogP contribution in [-0.4, -0.2) is 37.2 Å². The molecule has 104 valence electrons. The summed E-state index contributed by atoms with van der Waals surface area (Å²) in [6, 6.07) is 5.96. The molecule has 1 aliphatic heterocycles. The molecule has 0 aliphatic carbocycles. The summed E-state index contributed by atoms with van der Waals surface area (Å²) in [5.74, 6) is 0.805. The molecular formula is C13H18BrN3O2. The molecule has 0 radical (unpaired) electrons. The Balaban J connectivity index is 1.94. The molecule has 0 spiro atoms. The molecule has 2 amide bonds. The molecule has 5 nitrogen and oxygen atoms in total. The lowest BCUT2D eigenvalue weighted by molar-refractivity contribution is 0.193. The van der Waals surface area contributed by atoms with Gasteiger partial charge in [0.15, 0.2) is 0 Å². The number of anilines is 1. The van der Waals surface area contributed by atoms with Crippen molar-refractivity contribution in [1.29, 1.82) is 0 Å². The number of methoxy groups -OCH3 is 1. The van der Waals surface area contributed by atoms with Crippen LogP contribution in [-0.2, 0) is 0 Å². The van der Waals surface area contributed by atoms with E-state index in [0.717, 1.165) is 28.8 Å². The van der Waals surface area contributed by atoms with Crippen molar-refractivity contribution >= 4 is 27.6 Å². The maximum Gasteiger partial charge on any atom is 0.314 e. The number of carbonyl (C=O) groups excluding carboxylic acids is 1. The molecular weight excluding hydrogens is 310 g/mol. The number of urea groups is 1. The number of amides is 2. The van der Waals surface area contributed by atoms with Gasteiger partial charge in [0, 0.05) is 30.9 Å². The number of likely N-dealkylation sites (tertiary alicyclic amines) is 1. The van der Waals surface area contributed by atoms with E-state index in [-0.39, 0.29) is 6.03 Å². The molecule has 1 aromatic rings. The second-order valence-corrected chi connectivity index (χ2v) is 5.45. The van der Waals surface area contributed by atoms with E-state index in [4.69, 9.17) is 10.5 Å². The van der Waals surface area contributed by atoms with Crippen LogP contribution in [0.15, 0.2) is 22.7 Å². The highest BCUT2D eigenvalue weighted by atomic mass is 79.9. The van der Waals surface area contributed by atoms with E-state index in [1.807, 2.05) is 18.2 Å². The number of piperidine rings is 1. The number of nitrogens with one attached hydrogen (secondary N) is 1. The molecule has 0 saturated carbocycles. The summed E-state index contributed by atoms with van der Waals surface area (Å²) in [5, 5.41) is 3.46. The minimum absolute atomic E-state index is 0.330. The summed E-state index contributed by atoms with van der Waals surface area (Å²) in [7, 11) is 1.65. The number of nitrogens with two attached hydrogens (primary N) is 1. The zero-order valence-corrected chi connectivity index (χ0v) is 12.4. The fourth-order valence-corrected chi connectivity index (χ4v) is 2.64. The Hall–Kier alpha value is -1.43. The van der Waals surface area contributed by atoms with Crippen molar-refractivity contribution < 1.29 is 9.53 Å². The third kappa shape index (κ3) is 3.53. The van der Waals surface area contributed by atoms with Crippen LogP contribution in [0.5, 0.6) is 5.75 Å². The van der Waals surface area contributed by atoms with E-state index < -0.39 is 0 Å². The van der Waals surface area contributed by atoms with Gasteiger partial charge in [-0.25, -0.2) is 4.79 Å². The number of nitrogens with zero attached hydrogens (tertiary/aromatic N) is 1. The van der Waals surface area contributed by atoms with Crippen LogP contribution >= 0.6 is 15.9 Å². The topological polar surface area (TPSA) is 67.6 Å². The van der Waals surface area contributed by atoms with E-state index in [2.05, 4.69) is 21.2 Å². The number of hydrogen-bond acceptors (Lipinski definition) is 3. The Bertz CT molecular complexity index is 459. The highest BCUT2D eigenvalue weighted by Crippen LogP contribution is 2.28. The Labute approximate surface area is 121 Å². The quantitative estimate of drug-likeness (QED) is 0.895. The lowest BCUT2D eigenvalue weighted by atomic mass is 10.0. The van der Waals surface area contributed by atoms with E-state index in [9.17, 15) is 4.79 Å². The summed E-state index contributed by atoms with van der Waals surface area (Å²) < 4.78 is 6.20. The molecule has 1 aliphatic rings. The fraction of sp³-hybridized carbons (Fsp3) is 0.462. The molecule has 3 N–H and O–H groups in total. The lowest BCUT2D eigenvalue weighted by Gasteiger charge is -2.31. The highest BCUT2D eigenvalue weighted by Gasteiger charge is 2.21. The molecule has 0 unspecified atom stereocenters. The summed E-state index contributed by atoms with van der Waals surface area (Å²) in [4.78, 5) is 12.7. The van der Waals surface area contributed by atoms with E-state index >= 15 is 0 Å². The molecule has 1 saturated heterocycles. The van der Waals surface area contributed by atoms with Gasteiger partial charge in [-0.05, 0) is 40.9 Å². The SMILES string of the molecule is COc1cc(NC2CCN(C(N)=O)CC2)ccc1Br. The number of hydrogen-bond donors (Lipinski definition) is 2. The van der Waals surface area contributed by atoms with Gasteiger partial charge in [0.05, 0.1) is 11.6 Å². The van der Waals surface area contributed by atoms with Crippen LogP contribution < -0.4 is 15.8 Å². The third-order valence-electron chi connectivity index (χ3n) is 3.33. The molecule has 0 bridgehead atoms. The number of ether oxygens (including phenoxy) is 1.